The maximum atomic E-state index is 3.50. The highest BCUT2D eigenvalue weighted by Gasteiger charge is 2.00. The summed E-state index contributed by atoms with van der Waals surface area (Å²) in [6.45, 7) is 0. The minimum Gasteiger partial charge on any atom is -0.0626 e. The molecule has 0 heterocycles. The molecule has 98 valence electrons. The Labute approximate surface area is 124 Å². The Kier molecular flexibility index (Phi) is 5.90. The number of hydrogen-bond acceptors (Lipinski definition) is 0. The third-order valence-corrected chi connectivity index (χ3v) is 3.96. The van der Waals surface area contributed by atoms with Gasteiger partial charge in [0.1, 0.15) is 0 Å². The molecule has 19 heavy (non-hydrogen) atoms. The second-order valence-corrected chi connectivity index (χ2v) is 5.20. The number of halogens is 1. The zero-order chi connectivity index (χ0) is 13.3. The van der Waals surface area contributed by atoms with E-state index in [0.29, 0.717) is 0 Å². The van der Waals surface area contributed by atoms with Gasteiger partial charge in [0.2, 0.25) is 0 Å². The maximum absolute atomic E-state index is 3.50. The lowest BCUT2D eigenvalue weighted by Gasteiger charge is -2.07. The first-order chi connectivity index (χ1) is 9.38. The summed E-state index contributed by atoms with van der Waals surface area (Å²) in [6.07, 6.45) is 4.49. The van der Waals surface area contributed by atoms with Gasteiger partial charge >= 0.3 is 0 Å². The summed E-state index contributed by atoms with van der Waals surface area (Å²) in [5, 5.41) is 0. The molecule has 2 aromatic carbocycles. The van der Waals surface area contributed by atoms with Crippen LogP contribution in [0.15, 0.2) is 71.2 Å². The summed E-state index contributed by atoms with van der Waals surface area (Å²) in [5.41, 5.74) is 4.30. The lowest BCUT2D eigenvalue weighted by Crippen LogP contribution is -1.92. The lowest BCUT2D eigenvalue weighted by atomic mass is 10.00. The fraction of sp³-hybridized carbons (Fsp3) is 0.222. The molecule has 0 aromatic heterocycles. The molecule has 0 aliphatic rings. The van der Waals surface area contributed by atoms with Crippen LogP contribution in [-0.2, 0) is 12.8 Å². The molecule has 2 aromatic rings. The molecule has 0 fully saturated rings. The van der Waals surface area contributed by atoms with Crippen molar-refractivity contribution in [1.82, 2.24) is 0 Å². The van der Waals surface area contributed by atoms with Crippen LogP contribution in [0.1, 0.15) is 24.0 Å². The minimum atomic E-state index is 1.12. The summed E-state index contributed by atoms with van der Waals surface area (Å²) in [5.74, 6) is 0. The Morgan fingerprint density at radius 1 is 0.737 bits per heavy atom. The molecule has 0 spiro atoms. The van der Waals surface area contributed by atoms with Gasteiger partial charge in [-0.3, -0.25) is 0 Å². The fourth-order valence-electron chi connectivity index (χ4n) is 2.13. The Hall–Kier alpha value is -1.34. The fourth-order valence-corrected chi connectivity index (χ4v) is 2.59. The predicted molar refractivity (Wildman–Crippen MR) is 86.5 cm³/mol. The van der Waals surface area contributed by atoms with E-state index < -0.39 is 0 Å². The second kappa shape index (κ2) is 7.96. The standard InChI is InChI=1S/C18H19Br/c19-15-18(13-11-16-7-3-1-4-8-16)14-12-17-9-5-2-6-10-17/h1-10,15H,11-14H2. The van der Waals surface area contributed by atoms with E-state index in [0.717, 1.165) is 25.7 Å². The van der Waals surface area contributed by atoms with Gasteiger partial charge in [-0.15, -0.1) is 0 Å². The van der Waals surface area contributed by atoms with Crippen LogP contribution in [0.5, 0.6) is 0 Å². The molecule has 1 heteroatoms. The van der Waals surface area contributed by atoms with Crippen LogP contribution in [0.2, 0.25) is 0 Å². The van der Waals surface area contributed by atoms with Gasteiger partial charge in [-0.05, 0) is 41.8 Å². The molecule has 2 rings (SSSR count). The van der Waals surface area contributed by atoms with Gasteiger partial charge < -0.3 is 0 Å². The molecule has 0 aliphatic carbocycles. The molecule has 0 saturated carbocycles. The van der Waals surface area contributed by atoms with Crippen LogP contribution in [0, 0.1) is 0 Å². The summed E-state index contributed by atoms with van der Waals surface area (Å²) >= 11 is 3.50. The van der Waals surface area contributed by atoms with E-state index in [1.54, 1.807) is 0 Å². The second-order valence-electron chi connectivity index (χ2n) is 4.74. The third-order valence-electron chi connectivity index (χ3n) is 3.31. The van der Waals surface area contributed by atoms with E-state index in [1.807, 2.05) is 0 Å². The van der Waals surface area contributed by atoms with Crippen LogP contribution in [0.3, 0.4) is 0 Å². The number of allylic oxidation sites excluding steroid dienone is 1. The molecular formula is C18H19Br. The predicted octanol–water partition coefficient (Wildman–Crippen LogP) is 5.53. The van der Waals surface area contributed by atoms with E-state index in [4.69, 9.17) is 0 Å². The highest BCUT2D eigenvalue weighted by molar-refractivity contribution is 9.11. The smallest absolute Gasteiger partial charge is 0.0197 e. The van der Waals surface area contributed by atoms with Crippen LogP contribution in [0.4, 0.5) is 0 Å². The van der Waals surface area contributed by atoms with Gasteiger partial charge in [0, 0.05) is 0 Å². The molecule has 0 nitrogen and oxygen atoms in total. The number of rotatable bonds is 6. The lowest BCUT2D eigenvalue weighted by molar-refractivity contribution is 0.839. The van der Waals surface area contributed by atoms with Crippen molar-refractivity contribution in [3.63, 3.8) is 0 Å². The first kappa shape index (κ1) is 14.1. The minimum absolute atomic E-state index is 1.12. The van der Waals surface area contributed by atoms with E-state index in [2.05, 4.69) is 81.6 Å². The van der Waals surface area contributed by atoms with Gasteiger partial charge in [0.25, 0.3) is 0 Å². The van der Waals surface area contributed by atoms with E-state index in [1.165, 1.54) is 16.7 Å². The van der Waals surface area contributed by atoms with Gasteiger partial charge in [0.15, 0.2) is 0 Å². The van der Waals surface area contributed by atoms with Crippen molar-refractivity contribution in [2.45, 2.75) is 25.7 Å². The third kappa shape index (κ3) is 5.04. The zero-order valence-corrected chi connectivity index (χ0v) is 12.6. The van der Waals surface area contributed by atoms with Crippen LogP contribution < -0.4 is 0 Å². The molecule has 0 unspecified atom stereocenters. The molecular weight excluding hydrogens is 296 g/mol. The van der Waals surface area contributed by atoms with Gasteiger partial charge in [-0.2, -0.15) is 0 Å². The Morgan fingerprint density at radius 3 is 1.53 bits per heavy atom. The van der Waals surface area contributed by atoms with E-state index in [-0.39, 0.29) is 0 Å². The molecule has 0 bridgehead atoms. The first-order valence-electron chi connectivity index (χ1n) is 6.74. The molecule has 0 radical (unpaired) electrons. The number of benzene rings is 2. The van der Waals surface area contributed by atoms with Crippen molar-refractivity contribution in [2.75, 3.05) is 0 Å². The van der Waals surface area contributed by atoms with Crippen molar-refractivity contribution in [1.29, 1.82) is 0 Å². The normalized spacial score (nSPS) is 10.2. The Bertz CT molecular complexity index is 454. The van der Waals surface area contributed by atoms with Crippen LogP contribution in [0.25, 0.3) is 0 Å². The van der Waals surface area contributed by atoms with Crippen molar-refractivity contribution in [3.05, 3.63) is 82.3 Å². The van der Waals surface area contributed by atoms with Gasteiger partial charge in [-0.1, -0.05) is 82.2 Å². The van der Waals surface area contributed by atoms with Gasteiger partial charge in [-0.25, -0.2) is 0 Å². The summed E-state index contributed by atoms with van der Waals surface area (Å²) in [6, 6.07) is 21.4. The average Bonchev–Trinajstić information content (AvgIpc) is 2.49. The maximum Gasteiger partial charge on any atom is -0.0197 e. The largest absolute Gasteiger partial charge is 0.0626 e. The topological polar surface area (TPSA) is 0 Å². The quantitative estimate of drug-likeness (QED) is 0.657. The average molecular weight is 315 g/mol. The van der Waals surface area contributed by atoms with Crippen molar-refractivity contribution in [2.24, 2.45) is 0 Å². The molecule has 0 amide bonds. The Balaban J connectivity index is 1.81. The van der Waals surface area contributed by atoms with Crippen molar-refractivity contribution in [3.8, 4) is 0 Å². The van der Waals surface area contributed by atoms with Crippen molar-refractivity contribution >= 4 is 15.9 Å². The summed E-state index contributed by atoms with van der Waals surface area (Å²) < 4.78 is 0. The monoisotopic (exact) mass is 314 g/mol. The summed E-state index contributed by atoms with van der Waals surface area (Å²) in [4.78, 5) is 2.10. The van der Waals surface area contributed by atoms with Crippen LogP contribution >= 0.6 is 15.9 Å². The van der Waals surface area contributed by atoms with Gasteiger partial charge in [0.05, 0.1) is 0 Å². The summed E-state index contributed by atoms with van der Waals surface area (Å²) in [7, 11) is 0. The number of aryl methyl sites for hydroxylation is 2. The highest BCUT2D eigenvalue weighted by Crippen LogP contribution is 2.17. The molecule has 0 N–H and O–H groups in total. The zero-order valence-electron chi connectivity index (χ0n) is 11.1. The van der Waals surface area contributed by atoms with Crippen LogP contribution in [-0.4, -0.2) is 0 Å². The molecule has 0 aliphatic heterocycles. The molecule has 0 saturated heterocycles. The highest BCUT2D eigenvalue weighted by atomic mass is 79.9. The van der Waals surface area contributed by atoms with E-state index in [9.17, 15) is 0 Å². The Morgan fingerprint density at radius 2 is 1.16 bits per heavy atom. The SMILES string of the molecule is BrC=C(CCc1ccccc1)CCc1ccccc1. The number of hydrogen-bond donors (Lipinski definition) is 0. The van der Waals surface area contributed by atoms with Crippen molar-refractivity contribution < 1.29 is 0 Å². The van der Waals surface area contributed by atoms with E-state index >= 15 is 0 Å². The molecule has 0 atom stereocenters. The first-order valence-corrected chi connectivity index (χ1v) is 7.66.